The molecule has 0 aromatic heterocycles. The van der Waals surface area contributed by atoms with Gasteiger partial charge in [0.25, 0.3) is 0 Å². The fourth-order valence-corrected chi connectivity index (χ4v) is 6.27. The molecule has 410 valence electrons. The van der Waals surface area contributed by atoms with Gasteiger partial charge in [-0.25, -0.2) is 0 Å². The van der Waals surface area contributed by atoms with Gasteiger partial charge in [0.05, 0.1) is 13.2 Å². The predicted octanol–water partition coefficient (Wildman–Crippen LogP) is 4.79. The van der Waals surface area contributed by atoms with Gasteiger partial charge in [0.1, 0.15) is 0 Å². The molecule has 0 spiro atoms. The van der Waals surface area contributed by atoms with E-state index in [0.29, 0.717) is 0 Å². The number of unbranched alkanes of at least 4 members (excludes halogenated alkanes) is 4. The van der Waals surface area contributed by atoms with Crippen molar-refractivity contribution in [3.8, 4) is 0 Å². The summed E-state index contributed by atoms with van der Waals surface area (Å²) < 4.78 is 5.37. The van der Waals surface area contributed by atoms with Crippen LogP contribution in [0.4, 0.5) is 0 Å². The van der Waals surface area contributed by atoms with E-state index in [1.807, 2.05) is 0 Å². The van der Waals surface area contributed by atoms with E-state index >= 15 is 0 Å². The van der Waals surface area contributed by atoms with Gasteiger partial charge in [-0.05, 0) is 238 Å². The van der Waals surface area contributed by atoms with E-state index in [0.717, 1.165) is 78.7 Å². The van der Waals surface area contributed by atoms with Crippen molar-refractivity contribution in [2.45, 2.75) is 58.0 Å². The average molecular weight is 971 g/mol. The normalized spacial score (nSPS) is 11.8. The molecule has 1 rings (SSSR count). The zero-order valence-electron chi connectivity index (χ0n) is 50.2. The molecule has 0 atom stereocenters. The molecule has 0 saturated carbocycles. The smallest absolute Gasteiger partial charge is 0.0593 e. The van der Waals surface area contributed by atoms with Gasteiger partial charge in [0.15, 0.2) is 0 Å². The van der Waals surface area contributed by atoms with Crippen LogP contribution in [0.5, 0.6) is 0 Å². The molecule has 0 bridgehead atoms. The molecule has 0 unspecified atom stereocenters. The van der Waals surface area contributed by atoms with Crippen LogP contribution >= 0.6 is 0 Å². The van der Waals surface area contributed by atoms with Crippen LogP contribution in [-0.2, 0) is 17.8 Å². The van der Waals surface area contributed by atoms with Gasteiger partial charge in [0, 0.05) is 65.4 Å². The second-order valence-corrected chi connectivity index (χ2v) is 21.7. The van der Waals surface area contributed by atoms with Crippen molar-refractivity contribution < 1.29 is 4.74 Å². The summed E-state index contributed by atoms with van der Waals surface area (Å²) >= 11 is 0. The molecule has 14 heteroatoms. The molecular formula is C54H123N13O. The van der Waals surface area contributed by atoms with E-state index in [-0.39, 0.29) is 0 Å². The SMILES string of the molecule is CN(C)CCCCCCCN(C)C.CN(C)CCCN(C)CCCN(C)C.CN(C)CCN(C)CCN(C)CCN(C)C.CN(C)CCOCCN(C)C.CN(C)Cc1cccc(CN(C)C)c1. The summed E-state index contributed by atoms with van der Waals surface area (Å²) in [6, 6.07) is 8.77. The Morgan fingerprint density at radius 3 is 0.824 bits per heavy atom. The van der Waals surface area contributed by atoms with Gasteiger partial charge in [-0.3, -0.25) is 0 Å². The maximum absolute atomic E-state index is 5.37. The Morgan fingerprint density at radius 1 is 0.265 bits per heavy atom. The summed E-state index contributed by atoms with van der Waals surface area (Å²) in [7, 11) is 48.8. The molecule has 0 saturated heterocycles. The van der Waals surface area contributed by atoms with E-state index in [1.165, 1.54) is 95.3 Å². The summed E-state index contributed by atoms with van der Waals surface area (Å²) in [6.45, 7) is 19.9. The van der Waals surface area contributed by atoms with E-state index in [1.54, 1.807) is 0 Å². The van der Waals surface area contributed by atoms with Crippen molar-refractivity contribution in [1.82, 2.24) is 63.7 Å². The summed E-state index contributed by atoms with van der Waals surface area (Å²) in [5.74, 6) is 0. The number of hydrogen-bond acceptors (Lipinski definition) is 14. The molecule has 0 aliphatic carbocycles. The number of hydrogen-bond donors (Lipinski definition) is 0. The van der Waals surface area contributed by atoms with Crippen LogP contribution in [0.1, 0.15) is 56.1 Å². The van der Waals surface area contributed by atoms with Crippen LogP contribution in [0.15, 0.2) is 24.3 Å². The Bertz CT molecular complexity index is 1060. The minimum Gasteiger partial charge on any atom is -0.379 e. The first kappa shape index (κ1) is 73.2. The lowest BCUT2D eigenvalue weighted by Crippen LogP contribution is -2.37. The van der Waals surface area contributed by atoms with E-state index < -0.39 is 0 Å². The molecule has 1 aromatic carbocycles. The van der Waals surface area contributed by atoms with Crippen LogP contribution in [0.3, 0.4) is 0 Å². The van der Waals surface area contributed by atoms with Crippen molar-refractivity contribution in [3.63, 3.8) is 0 Å². The minimum atomic E-state index is 0.834. The monoisotopic (exact) mass is 970 g/mol. The Balaban J connectivity index is -0.000000378. The van der Waals surface area contributed by atoms with Crippen LogP contribution in [0, 0.1) is 0 Å². The van der Waals surface area contributed by atoms with Crippen molar-refractivity contribution in [2.24, 2.45) is 0 Å². The van der Waals surface area contributed by atoms with Gasteiger partial charge in [0.2, 0.25) is 0 Å². The highest BCUT2D eigenvalue weighted by atomic mass is 16.5. The molecule has 68 heavy (non-hydrogen) atoms. The van der Waals surface area contributed by atoms with Crippen LogP contribution in [-0.4, -0.2) is 331 Å². The van der Waals surface area contributed by atoms with Crippen LogP contribution in [0.2, 0.25) is 0 Å². The van der Waals surface area contributed by atoms with Crippen molar-refractivity contribution in [2.75, 3.05) is 267 Å². The van der Waals surface area contributed by atoms with E-state index in [2.05, 4.69) is 250 Å². The maximum atomic E-state index is 5.37. The Morgan fingerprint density at radius 2 is 0.529 bits per heavy atom. The largest absolute Gasteiger partial charge is 0.379 e. The molecule has 0 amide bonds. The fourth-order valence-electron chi connectivity index (χ4n) is 6.27. The lowest BCUT2D eigenvalue weighted by atomic mass is 10.1. The molecular weight excluding hydrogens is 847 g/mol. The van der Waals surface area contributed by atoms with E-state index in [4.69, 9.17) is 4.74 Å². The van der Waals surface area contributed by atoms with Crippen molar-refractivity contribution in [3.05, 3.63) is 35.4 Å². The maximum Gasteiger partial charge on any atom is 0.0593 e. The molecule has 0 radical (unpaired) electrons. The first-order valence-corrected chi connectivity index (χ1v) is 26.0. The minimum absolute atomic E-state index is 0.834. The molecule has 0 fully saturated rings. The number of likely N-dealkylation sites (N-methyl/N-ethyl adjacent to an activating group) is 6. The highest BCUT2D eigenvalue weighted by molar-refractivity contribution is 5.23. The lowest BCUT2D eigenvalue weighted by Gasteiger charge is -2.24. The fraction of sp³-hybridized carbons (Fsp3) is 0.889. The zero-order valence-corrected chi connectivity index (χ0v) is 50.2. The average Bonchev–Trinajstić information content (AvgIpc) is 3.21. The lowest BCUT2D eigenvalue weighted by molar-refractivity contribution is 0.104. The molecule has 0 aliphatic rings. The topological polar surface area (TPSA) is 51.4 Å². The number of nitrogens with zero attached hydrogens (tertiary/aromatic N) is 13. The number of ether oxygens (including phenoxy) is 1. The Labute approximate surface area is 427 Å². The zero-order chi connectivity index (χ0) is 52.9. The highest BCUT2D eigenvalue weighted by Crippen LogP contribution is 2.08. The van der Waals surface area contributed by atoms with Gasteiger partial charge in [-0.15, -0.1) is 0 Å². The molecule has 14 nitrogen and oxygen atoms in total. The van der Waals surface area contributed by atoms with Crippen molar-refractivity contribution >= 4 is 0 Å². The Kier molecular flexibility index (Phi) is 54.5. The quantitative estimate of drug-likeness (QED) is 0.0878. The third-order valence-corrected chi connectivity index (χ3v) is 10.6. The number of rotatable bonds is 35. The molecule has 0 aliphatic heterocycles. The van der Waals surface area contributed by atoms with Gasteiger partial charge in [-0.1, -0.05) is 43.5 Å². The second-order valence-electron chi connectivity index (χ2n) is 21.7. The van der Waals surface area contributed by atoms with Gasteiger partial charge in [-0.2, -0.15) is 0 Å². The third kappa shape index (κ3) is 68.9. The summed E-state index contributed by atoms with van der Waals surface area (Å²) in [4.78, 5) is 29.3. The first-order chi connectivity index (χ1) is 31.8. The molecule has 0 heterocycles. The second kappa shape index (κ2) is 50.6. The third-order valence-electron chi connectivity index (χ3n) is 10.6. The Hall–Kier alpha value is -1.34. The molecule has 0 N–H and O–H groups in total. The summed E-state index contributed by atoms with van der Waals surface area (Å²) in [6.07, 6.45) is 9.44. The summed E-state index contributed by atoms with van der Waals surface area (Å²) in [5.41, 5.74) is 2.77. The standard InChI is InChI=1S/C12H30N4.C12H20N2.C11H27N3.C11H26N2.C8H20N2O/c1-13(2)7-9-15(5)11-12-16(6)10-8-14(3)4;1-13(2)9-11-6-5-7-12(8-11)10-14(3)4;1-12(2)8-6-10-14(5)11-7-9-13(3)4;1-12(2)10-8-6-5-7-9-11-13(3)4;1-9(2)5-7-11-8-6-10(3)4/h7-12H2,1-6H3;5-8H,9-10H2,1-4H3;6-11H2,1-5H3;5-11H2,1-4H3;5-8H2,1-4H3. The van der Waals surface area contributed by atoms with Gasteiger partial charge < -0.3 is 68.4 Å². The highest BCUT2D eigenvalue weighted by Gasteiger charge is 2.04. The van der Waals surface area contributed by atoms with Gasteiger partial charge >= 0.3 is 0 Å². The van der Waals surface area contributed by atoms with Crippen LogP contribution < -0.4 is 0 Å². The predicted molar refractivity (Wildman–Crippen MR) is 305 cm³/mol. The van der Waals surface area contributed by atoms with Crippen molar-refractivity contribution in [1.29, 1.82) is 0 Å². The van der Waals surface area contributed by atoms with E-state index in [9.17, 15) is 0 Å². The molecule has 1 aromatic rings. The number of benzene rings is 1. The first-order valence-electron chi connectivity index (χ1n) is 26.0. The summed E-state index contributed by atoms with van der Waals surface area (Å²) in [5, 5.41) is 0. The van der Waals surface area contributed by atoms with Crippen LogP contribution in [0.25, 0.3) is 0 Å².